The molecule has 1 N–H and O–H groups in total. The van der Waals surface area contributed by atoms with Crippen LogP contribution in [0.4, 0.5) is 0 Å². The minimum Gasteiger partial charge on any atom is -0.376 e. The molecule has 0 aromatic carbocycles. The van der Waals surface area contributed by atoms with Gasteiger partial charge in [-0.15, -0.1) is 0 Å². The quantitative estimate of drug-likeness (QED) is 0.769. The van der Waals surface area contributed by atoms with Crippen molar-refractivity contribution < 1.29 is 4.74 Å². The van der Waals surface area contributed by atoms with Crippen molar-refractivity contribution in [2.24, 2.45) is 17.8 Å². The highest BCUT2D eigenvalue weighted by molar-refractivity contribution is 5.01. The Balaban J connectivity index is 1.40. The minimum absolute atomic E-state index is 0.569. The van der Waals surface area contributed by atoms with E-state index in [4.69, 9.17) is 4.74 Å². The molecule has 4 rings (SSSR count). The van der Waals surface area contributed by atoms with Gasteiger partial charge in [-0.3, -0.25) is 0 Å². The van der Waals surface area contributed by atoms with Crippen LogP contribution in [0.2, 0.25) is 0 Å². The van der Waals surface area contributed by atoms with Gasteiger partial charge in [0.2, 0.25) is 0 Å². The normalized spacial score (nSPS) is 39.6. The minimum atomic E-state index is 0.569. The zero-order chi connectivity index (χ0) is 10.5. The fourth-order valence-electron chi connectivity index (χ4n) is 3.49. The average Bonchev–Trinajstić information content (AvgIpc) is 3.10. The Morgan fingerprint density at radius 1 is 0.875 bits per heavy atom. The van der Waals surface area contributed by atoms with Crippen LogP contribution in [0, 0.1) is 17.8 Å². The molecule has 3 aliphatic carbocycles. The largest absolute Gasteiger partial charge is 0.376 e. The van der Waals surface area contributed by atoms with Crippen LogP contribution in [-0.2, 0) is 4.74 Å². The number of hydrogen-bond donors (Lipinski definition) is 1. The molecule has 0 aromatic rings. The van der Waals surface area contributed by atoms with Gasteiger partial charge in [0.1, 0.15) is 0 Å². The summed E-state index contributed by atoms with van der Waals surface area (Å²) in [5.74, 6) is 2.94. The molecule has 3 saturated carbocycles. The summed E-state index contributed by atoms with van der Waals surface area (Å²) in [6.07, 6.45) is 10.6. The first kappa shape index (κ1) is 9.90. The van der Waals surface area contributed by atoms with E-state index in [0.717, 1.165) is 30.4 Å². The third-order valence-electron chi connectivity index (χ3n) is 4.89. The van der Waals surface area contributed by atoms with Crippen LogP contribution in [0.3, 0.4) is 0 Å². The van der Waals surface area contributed by atoms with E-state index in [1.807, 2.05) is 0 Å². The van der Waals surface area contributed by atoms with Gasteiger partial charge in [-0.25, -0.2) is 0 Å². The van der Waals surface area contributed by atoms with Gasteiger partial charge >= 0.3 is 0 Å². The molecular weight excluding hydrogens is 198 g/mol. The lowest BCUT2D eigenvalue weighted by Crippen LogP contribution is -2.45. The Hall–Kier alpha value is -0.0800. The van der Waals surface area contributed by atoms with E-state index in [2.05, 4.69) is 5.32 Å². The van der Waals surface area contributed by atoms with Gasteiger partial charge < -0.3 is 10.1 Å². The van der Waals surface area contributed by atoms with E-state index < -0.39 is 0 Å². The molecule has 2 atom stereocenters. The maximum Gasteiger partial charge on any atom is 0.0757 e. The molecule has 2 unspecified atom stereocenters. The lowest BCUT2D eigenvalue weighted by Gasteiger charge is -2.26. The predicted molar refractivity (Wildman–Crippen MR) is 63.2 cm³/mol. The van der Waals surface area contributed by atoms with E-state index in [9.17, 15) is 0 Å². The molecule has 0 radical (unpaired) electrons. The third kappa shape index (κ3) is 1.91. The second kappa shape index (κ2) is 3.71. The first-order valence-electron chi connectivity index (χ1n) is 7.29. The summed E-state index contributed by atoms with van der Waals surface area (Å²) < 4.78 is 5.93. The average molecular weight is 221 g/mol. The summed E-state index contributed by atoms with van der Waals surface area (Å²) in [6.45, 7) is 1.00. The molecule has 4 aliphatic rings. The van der Waals surface area contributed by atoms with Crippen molar-refractivity contribution in [3.05, 3.63) is 0 Å². The summed E-state index contributed by atoms with van der Waals surface area (Å²) in [6, 6.07) is 1.55. The molecule has 1 saturated heterocycles. The van der Waals surface area contributed by atoms with Gasteiger partial charge in [-0.05, 0) is 62.7 Å². The van der Waals surface area contributed by atoms with Crippen molar-refractivity contribution in [1.82, 2.24) is 5.32 Å². The molecule has 90 valence electrons. The van der Waals surface area contributed by atoms with Crippen LogP contribution in [0.1, 0.15) is 44.9 Å². The van der Waals surface area contributed by atoms with Gasteiger partial charge in [0.15, 0.2) is 0 Å². The molecule has 1 heterocycles. The second-order valence-corrected chi connectivity index (χ2v) is 6.44. The molecular formula is C14H23NO. The van der Waals surface area contributed by atoms with Crippen LogP contribution in [0.15, 0.2) is 0 Å². The third-order valence-corrected chi connectivity index (χ3v) is 4.89. The molecule has 4 fully saturated rings. The van der Waals surface area contributed by atoms with E-state index in [1.54, 1.807) is 0 Å². The van der Waals surface area contributed by atoms with Crippen molar-refractivity contribution in [1.29, 1.82) is 0 Å². The van der Waals surface area contributed by atoms with Gasteiger partial charge in [0, 0.05) is 18.7 Å². The standard InChI is InChI=1S/C14H23NO/c1-2-9(1)13(10-3-4-10)15-12-7-8-16-14(12)11-5-6-11/h9-15H,1-8H2. The van der Waals surface area contributed by atoms with Crippen molar-refractivity contribution in [2.45, 2.75) is 63.1 Å². The Kier molecular flexibility index (Phi) is 2.29. The van der Waals surface area contributed by atoms with Crippen molar-refractivity contribution >= 4 is 0 Å². The maximum absolute atomic E-state index is 5.93. The Bertz CT molecular complexity index is 256. The van der Waals surface area contributed by atoms with Crippen molar-refractivity contribution in [2.75, 3.05) is 6.61 Å². The maximum atomic E-state index is 5.93. The monoisotopic (exact) mass is 221 g/mol. The van der Waals surface area contributed by atoms with Crippen LogP contribution in [0.5, 0.6) is 0 Å². The molecule has 2 nitrogen and oxygen atoms in total. The Labute approximate surface area is 98.1 Å². The van der Waals surface area contributed by atoms with E-state index >= 15 is 0 Å². The molecule has 1 aliphatic heterocycles. The van der Waals surface area contributed by atoms with Crippen LogP contribution >= 0.6 is 0 Å². The molecule has 0 amide bonds. The highest BCUT2D eigenvalue weighted by Crippen LogP contribution is 2.46. The van der Waals surface area contributed by atoms with E-state index in [0.29, 0.717) is 12.1 Å². The van der Waals surface area contributed by atoms with Crippen LogP contribution < -0.4 is 5.32 Å². The van der Waals surface area contributed by atoms with Crippen molar-refractivity contribution in [3.8, 4) is 0 Å². The zero-order valence-electron chi connectivity index (χ0n) is 10.0. The van der Waals surface area contributed by atoms with Crippen molar-refractivity contribution in [3.63, 3.8) is 0 Å². The molecule has 2 heteroatoms. The zero-order valence-corrected chi connectivity index (χ0v) is 10.0. The molecule has 16 heavy (non-hydrogen) atoms. The lowest BCUT2D eigenvalue weighted by molar-refractivity contribution is 0.0774. The molecule has 0 aromatic heterocycles. The lowest BCUT2D eigenvalue weighted by atomic mass is 10.0. The summed E-state index contributed by atoms with van der Waals surface area (Å²) in [5, 5.41) is 3.99. The number of nitrogens with one attached hydrogen (secondary N) is 1. The topological polar surface area (TPSA) is 21.3 Å². The second-order valence-electron chi connectivity index (χ2n) is 6.44. The highest BCUT2D eigenvalue weighted by atomic mass is 16.5. The SMILES string of the molecule is C1CC(NC(C2CC2)C2CC2)C(C2CC2)O1. The number of ether oxygens (including phenoxy) is 1. The van der Waals surface area contributed by atoms with E-state index in [1.165, 1.54) is 44.9 Å². The summed E-state index contributed by atoms with van der Waals surface area (Å²) in [7, 11) is 0. The fourth-order valence-corrected chi connectivity index (χ4v) is 3.49. The number of hydrogen-bond acceptors (Lipinski definition) is 2. The first-order chi connectivity index (χ1) is 7.92. The molecule has 0 bridgehead atoms. The summed E-state index contributed by atoms with van der Waals surface area (Å²) in [5.41, 5.74) is 0. The smallest absolute Gasteiger partial charge is 0.0757 e. The Morgan fingerprint density at radius 2 is 1.56 bits per heavy atom. The summed E-state index contributed by atoms with van der Waals surface area (Å²) in [4.78, 5) is 0. The van der Waals surface area contributed by atoms with E-state index in [-0.39, 0.29) is 0 Å². The van der Waals surface area contributed by atoms with Gasteiger partial charge in [0.05, 0.1) is 6.10 Å². The summed E-state index contributed by atoms with van der Waals surface area (Å²) >= 11 is 0. The van der Waals surface area contributed by atoms with Gasteiger partial charge in [-0.2, -0.15) is 0 Å². The van der Waals surface area contributed by atoms with Crippen LogP contribution in [0.25, 0.3) is 0 Å². The Morgan fingerprint density at radius 3 is 2.12 bits per heavy atom. The predicted octanol–water partition coefficient (Wildman–Crippen LogP) is 2.33. The number of rotatable bonds is 5. The molecule has 0 spiro atoms. The van der Waals surface area contributed by atoms with Gasteiger partial charge in [0.25, 0.3) is 0 Å². The van der Waals surface area contributed by atoms with Crippen LogP contribution in [-0.4, -0.2) is 24.8 Å². The first-order valence-corrected chi connectivity index (χ1v) is 7.29. The van der Waals surface area contributed by atoms with Gasteiger partial charge in [-0.1, -0.05) is 0 Å². The highest BCUT2D eigenvalue weighted by Gasteiger charge is 2.46. The fraction of sp³-hybridized carbons (Fsp3) is 1.00.